The molecule has 0 aromatic heterocycles. The third-order valence-electron chi connectivity index (χ3n) is 4.36. The van der Waals surface area contributed by atoms with Gasteiger partial charge in [-0.05, 0) is 12.5 Å². The van der Waals surface area contributed by atoms with Crippen LogP contribution in [0.1, 0.15) is 24.8 Å². The molecular formula is C17H20O6. The molecule has 1 aromatic carbocycles. The first-order valence-electron chi connectivity index (χ1n) is 7.29. The zero-order valence-corrected chi connectivity index (χ0v) is 13.3. The average Bonchev–Trinajstić information content (AvgIpc) is 2.52. The number of Topliss-reactive ketones (excluding diaryl/α,β-unsaturated/α-hetero) is 1. The predicted octanol–water partition coefficient (Wildman–Crippen LogP) is 1.07. The molecule has 0 radical (unpaired) electrons. The van der Waals surface area contributed by atoms with Crippen LogP contribution in [0.15, 0.2) is 30.3 Å². The number of methoxy groups -OCH3 is 2. The molecule has 6 nitrogen and oxygen atoms in total. The fourth-order valence-corrected chi connectivity index (χ4v) is 3.34. The van der Waals surface area contributed by atoms with Crippen LogP contribution >= 0.6 is 0 Å². The van der Waals surface area contributed by atoms with Crippen LogP contribution in [0.5, 0.6) is 0 Å². The van der Waals surface area contributed by atoms with E-state index in [4.69, 9.17) is 9.47 Å². The van der Waals surface area contributed by atoms with Crippen LogP contribution in [-0.4, -0.2) is 42.6 Å². The molecule has 4 atom stereocenters. The minimum atomic E-state index is -1.60. The fraction of sp³-hybridized carbons (Fsp3) is 0.471. The minimum Gasteiger partial charge on any atom is -0.469 e. The summed E-state index contributed by atoms with van der Waals surface area (Å²) < 4.78 is 9.56. The van der Waals surface area contributed by atoms with E-state index < -0.39 is 41.1 Å². The highest BCUT2D eigenvalue weighted by Crippen LogP contribution is 2.46. The van der Waals surface area contributed by atoms with Gasteiger partial charge in [0, 0.05) is 12.3 Å². The molecule has 124 valence electrons. The Kier molecular flexibility index (Phi) is 4.85. The van der Waals surface area contributed by atoms with Gasteiger partial charge < -0.3 is 14.6 Å². The number of carbonyl (C=O) groups excluding carboxylic acids is 3. The lowest BCUT2D eigenvalue weighted by atomic mass is 9.62. The highest BCUT2D eigenvalue weighted by molar-refractivity contribution is 6.02. The van der Waals surface area contributed by atoms with E-state index in [1.165, 1.54) is 21.1 Å². The Hall–Kier alpha value is -2.21. The lowest BCUT2D eigenvalue weighted by Crippen LogP contribution is -2.55. The van der Waals surface area contributed by atoms with E-state index in [0.717, 1.165) is 0 Å². The Balaban J connectivity index is 2.61. The molecule has 23 heavy (non-hydrogen) atoms. The van der Waals surface area contributed by atoms with E-state index >= 15 is 0 Å². The second-order valence-corrected chi connectivity index (χ2v) is 5.94. The number of rotatable bonds is 3. The molecule has 0 unspecified atom stereocenters. The van der Waals surface area contributed by atoms with Crippen LogP contribution in [0.2, 0.25) is 0 Å². The monoisotopic (exact) mass is 320 g/mol. The molecule has 0 heterocycles. The highest BCUT2D eigenvalue weighted by atomic mass is 16.5. The molecule has 0 bridgehead atoms. The Morgan fingerprint density at radius 2 is 1.70 bits per heavy atom. The van der Waals surface area contributed by atoms with Crippen LogP contribution < -0.4 is 0 Å². The second-order valence-electron chi connectivity index (χ2n) is 5.94. The maximum Gasteiger partial charge on any atom is 0.316 e. The van der Waals surface area contributed by atoms with Crippen LogP contribution in [0.25, 0.3) is 0 Å². The molecule has 0 aliphatic heterocycles. The van der Waals surface area contributed by atoms with E-state index in [0.29, 0.717) is 5.56 Å². The lowest BCUT2D eigenvalue weighted by Gasteiger charge is -2.43. The van der Waals surface area contributed by atoms with Crippen molar-refractivity contribution >= 4 is 17.7 Å². The highest BCUT2D eigenvalue weighted by Gasteiger charge is 2.56. The molecule has 0 amide bonds. The van der Waals surface area contributed by atoms with Crippen molar-refractivity contribution in [2.45, 2.75) is 24.9 Å². The molecule has 2 rings (SSSR count). The van der Waals surface area contributed by atoms with Crippen LogP contribution in [0, 0.1) is 11.8 Å². The summed E-state index contributed by atoms with van der Waals surface area (Å²) in [5.74, 6) is -4.86. The molecule has 1 N–H and O–H groups in total. The van der Waals surface area contributed by atoms with Gasteiger partial charge in [0.1, 0.15) is 5.92 Å². The van der Waals surface area contributed by atoms with Crippen molar-refractivity contribution in [2.75, 3.05) is 14.2 Å². The lowest BCUT2D eigenvalue weighted by molar-refractivity contribution is -0.170. The molecule has 1 aliphatic carbocycles. The topological polar surface area (TPSA) is 89.9 Å². The Labute approximate surface area is 134 Å². The number of hydrogen-bond acceptors (Lipinski definition) is 6. The number of esters is 2. The second kappa shape index (κ2) is 6.50. The molecule has 6 heteroatoms. The summed E-state index contributed by atoms with van der Waals surface area (Å²) in [7, 11) is 2.40. The number of ketones is 1. The average molecular weight is 320 g/mol. The van der Waals surface area contributed by atoms with E-state index in [-0.39, 0.29) is 6.42 Å². The van der Waals surface area contributed by atoms with Crippen molar-refractivity contribution in [2.24, 2.45) is 11.8 Å². The predicted molar refractivity (Wildman–Crippen MR) is 80.4 cm³/mol. The Morgan fingerprint density at radius 1 is 1.13 bits per heavy atom. The summed E-state index contributed by atoms with van der Waals surface area (Å²) in [4.78, 5) is 36.9. The van der Waals surface area contributed by atoms with Gasteiger partial charge in [-0.3, -0.25) is 14.4 Å². The van der Waals surface area contributed by atoms with Gasteiger partial charge in [0.05, 0.1) is 25.7 Å². The minimum absolute atomic E-state index is 0.310. The maximum atomic E-state index is 12.4. The van der Waals surface area contributed by atoms with E-state index in [2.05, 4.69) is 0 Å². The standard InChI is InChI=1S/C17H20O6/c1-17(21)9-11(18)13(15(19)22-2)12(14(17)16(20)23-3)10-7-5-4-6-8-10/h4-8,12-14,21H,9H2,1-3H3/t12-,13+,14-,17+/m1/s1. The van der Waals surface area contributed by atoms with Crippen molar-refractivity contribution in [3.8, 4) is 0 Å². The maximum absolute atomic E-state index is 12.4. The summed E-state index contributed by atoms with van der Waals surface area (Å²) in [6.07, 6.45) is -0.310. The number of benzene rings is 1. The van der Waals surface area contributed by atoms with E-state index in [1.54, 1.807) is 30.3 Å². The molecule has 1 aliphatic rings. The third-order valence-corrected chi connectivity index (χ3v) is 4.36. The first-order valence-corrected chi connectivity index (χ1v) is 7.29. The van der Waals surface area contributed by atoms with E-state index in [9.17, 15) is 19.5 Å². The van der Waals surface area contributed by atoms with E-state index in [1.807, 2.05) is 0 Å². The SMILES string of the molecule is COC(=O)[C@H]1C(=O)C[C@](C)(O)[C@@H](C(=O)OC)[C@@H]1c1ccccc1. The zero-order valence-electron chi connectivity index (χ0n) is 13.3. The van der Waals surface area contributed by atoms with Gasteiger partial charge in [-0.25, -0.2) is 0 Å². The normalized spacial score (nSPS) is 30.6. The summed E-state index contributed by atoms with van der Waals surface area (Å²) in [6.45, 7) is 1.41. The van der Waals surface area contributed by atoms with Gasteiger partial charge in [-0.1, -0.05) is 30.3 Å². The molecule has 1 fully saturated rings. The quantitative estimate of drug-likeness (QED) is 0.662. The summed E-state index contributed by atoms with van der Waals surface area (Å²) in [5, 5.41) is 10.6. The summed E-state index contributed by atoms with van der Waals surface area (Å²) in [6, 6.07) is 8.70. The Bertz CT molecular complexity index is 607. The first kappa shape index (κ1) is 17.1. The molecule has 0 saturated heterocycles. The van der Waals surface area contributed by atoms with Crippen molar-refractivity contribution < 1.29 is 29.0 Å². The smallest absolute Gasteiger partial charge is 0.316 e. The van der Waals surface area contributed by atoms with Gasteiger partial charge >= 0.3 is 11.9 Å². The molecule has 1 aromatic rings. The number of hydrogen-bond donors (Lipinski definition) is 1. The number of ether oxygens (including phenoxy) is 2. The largest absolute Gasteiger partial charge is 0.469 e. The van der Waals surface area contributed by atoms with Crippen LogP contribution in [0.4, 0.5) is 0 Å². The Morgan fingerprint density at radius 3 is 2.22 bits per heavy atom. The molecule has 0 spiro atoms. The van der Waals surface area contributed by atoms with Gasteiger partial charge in [0.25, 0.3) is 0 Å². The zero-order chi connectivity index (χ0) is 17.2. The number of aliphatic hydroxyl groups is 1. The van der Waals surface area contributed by atoms with Crippen molar-refractivity contribution in [1.29, 1.82) is 0 Å². The van der Waals surface area contributed by atoms with Gasteiger partial charge in [-0.15, -0.1) is 0 Å². The summed E-state index contributed by atoms with van der Waals surface area (Å²) in [5.41, 5.74) is -0.999. The molecular weight excluding hydrogens is 300 g/mol. The van der Waals surface area contributed by atoms with Gasteiger partial charge in [-0.2, -0.15) is 0 Å². The third kappa shape index (κ3) is 3.12. The van der Waals surface area contributed by atoms with Crippen molar-refractivity contribution in [3.05, 3.63) is 35.9 Å². The fourth-order valence-electron chi connectivity index (χ4n) is 3.34. The van der Waals surface area contributed by atoms with Crippen molar-refractivity contribution in [3.63, 3.8) is 0 Å². The van der Waals surface area contributed by atoms with Crippen LogP contribution in [0.3, 0.4) is 0 Å². The molecule has 1 saturated carbocycles. The first-order chi connectivity index (χ1) is 10.8. The van der Waals surface area contributed by atoms with Crippen molar-refractivity contribution in [1.82, 2.24) is 0 Å². The van der Waals surface area contributed by atoms with Crippen LogP contribution in [-0.2, 0) is 23.9 Å². The van der Waals surface area contributed by atoms with Gasteiger partial charge in [0.2, 0.25) is 0 Å². The van der Waals surface area contributed by atoms with Gasteiger partial charge in [0.15, 0.2) is 5.78 Å². The summed E-state index contributed by atoms with van der Waals surface area (Å²) >= 11 is 0. The number of carbonyl (C=O) groups is 3.